The molecule has 2 saturated heterocycles. The first kappa shape index (κ1) is 17.0. The Morgan fingerprint density at radius 3 is 2.62 bits per heavy atom. The first-order valence-corrected chi connectivity index (χ1v) is 8.60. The van der Waals surface area contributed by atoms with Gasteiger partial charge in [0.05, 0.1) is 0 Å². The van der Waals surface area contributed by atoms with E-state index in [-0.39, 0.29) is 18.3 Å². The first-order valence-electron chi connectivity index (χ1n) is 7.52. The Hall–Kier alpha value is -0.330. The number of carbonyl (C=O) groups is 1. The summed E-state index contributed by atoms with van der Waals surface area (Å²) in [7, 11) is 0. The van der Waals surface area contributed by atoms with Crippen molar-refractivity contribution in [3.8, 4) is 0 Å². The molecule has 1 aromatic rings. The molecule has 21 heavy (non-hydrogen) atoms. The molecule has 0 spiro atoms. The average molecular weight is 421 g/mol. The zero-order valence-electron chi connectivity index (χ0n) is 12.1. The molecule has 3 nitrogen and oxygen atoms in total. The SMILES string of the molecule is Cl.O=C(c1cccc(I)c1)N1CCC(C2CCCN2)CC1. The van der Waals surface area contributed by atoms with Crippen LogP contribution in [0.4, 0.5) is 0 Å². The highest BCUT2D eigenvalue weighted by atomic mass is 127. The minimum absolute atomic E-state index is 0. The summed E-state index contributed by atoms with van der Waals surface area (Å²) < 4.78 is 1.12. The number of halogens is 2. The van der Waals surface area contributed by atoms with Crippen LogP contribution in [0.25, 0.3) is 0 Å². The highest BCUT2D eigenvalue weighted by Crippen LogP contribution is 2.26. The highest BCUT2D eigenvalue weighted by Gasteiger charge is 2.30. The van der Waals surface area contributed by atoms with E-state index in [0.717, 1.165) is 41.0 Å². The molecule has 116 valence electrons. The molecule has 1 N–H and O–H groups in total. The van der Waals surface area contributed by atoms with Gasteiger partial charge in [0.25, 0.3) is 5.91 Å². The van der Waals surface area contributed by atoms with Gasteiger partial charge in [-0.2, -0.15) is 0 Å². The van der Waals surface area contributed by atoms with E-state index in [4.69, 9.17) is 0 Å². The lowest BCUT2D eigenvalue weighted by Crippen LogP contribution is -2.43. The van der Waals surface area contributed by atoms with Gasteiger partial charge in [-0.1, -0.05) is 6.07 Å². The van der Waals surface area contributed by atoms with Gasteiger partial charge in [-0.3, -0.25) is 4.79 Å². The smallest absolute Gasteiger partial charge is 0.253 e. The summed E-state index contributed by atoms with van der Waals surface area (Å²) in [6, 6.07) is 8.59. The van der Waals surface area contributed by atoms with Gasteiger partial charge in [0, 0.05) is 28.3 Å². The van der Waals surface area contributed by atoms with Crippen LogP contribution >= 0.6 is 35.0 Å². The number of piperidine rings is 1. The molecule has 5 heteroatoms. The quantitative estimate of drug-likeness (QED) is 0.745. The minimum atomic E-state index is 0. The molecule has 0 aromatic heterocycles. The van der Waals surface area contributed by atoms with Crippen LogP contribution in [0.2, 0.25) is 0 Å². The summed E-state index contributed by atoms with van der Waals surface area (Å²) in [5.74, 6) is 0.957. The molecule has 0 radical (unpaired) electrons. The standard InChI is InChI=1S/C16H21IN2O.ClH/c17-14-4-1-3-13(11-14)16(20)19-9-6-12(7-10-19)15-5-2-8-18-15;/h1,3-4,11-12,15,18H,2,5-10H2;1H. The predicted molar refractivity (Wildman–Crippen MR) is 96.1 cm³/mol. The van der Waals surface area contributed by atoms with Crippen LogP contribution in [-0.4, -0.2) is 36.5 Å². The van der Waals surface area contributed by atoms with Crippen LogP contribution in [0.5, 0.6) is 0 Å². The summed E-state index contributed by atoms with van der Waals surface area (Å²) in [6.07, 6.45) is 4.92. The van der Waals surface area contributed by atoms with Crippen molar-refractivity contribution in [3.63, 3.8) is 0 Å². The van der Waals surface area contributed by atoms with Gasteiger partial charge in [0.1, 0.15) is 0 Å². The third kappa shape index (κ3) is 4.11. The average Bonchev–Trinajstić information content (AvgIpc) is 3.01. The van der Waals surface area contributed by atoms with Crippen molar-refractivity contribution in [2.45, 2.75) is 31.7 Å². The van der Waals surface area contributed by atoms with E-state index in [2.05, 4.69) is 27.9 Å². The largest absolute Gasteiger partial charge is 0.339 e. The van der Waals surface area contributed by atoms with E-state index in [0.29, 0.717) is 6.04 Å². The summed E-state index contributed by atoms with van der Waals surface area (Å²) in [6.45, 7) is 2.99. The van der Waals surface area contributed by atoms with Gasteiger partial charge in [-0.25, -0.2) is 0 Å². The zero-order valence-corrected chi connectivity index (χ0v) is 15.0. The Kier molecular flexibility index (Phi) is 6.32. The number of benzene rings is 1. The molecule has 2 heterocycles. The fourth-order valence-corrected chi connectivity index (χ4v) is 3.97. The van der Waals surface area contributed by atoms with Crippen molar-refractivity contribution in [2.24, 2.45) is 5.92 Å². The molecule has 3 rings (SSSR count). The Morgan fingerprint density at radius 1 is 1.24 bits per heavy atom. The van der Waals surface area contributed by atoms with Gasteiger partial charge in [0.2, 0.25) is 0 Å². The molecule has 0 bridgehead atoms. The monoisotopic (exact) mass is 420 g/mol. The maximum Gasteiger partial charge on any atom is 0.253 e. The molecule has 1 amide bonds. The van der Waals surface area contributed by atoms with E-state index in [9.17, 15) is 4.79 Å². The minimum Gasteiger partial charge on any atom is -0.339 e. The van der Waals surface area contributed by atoms with Crippen LogP contribution < -0.4 is 5.32 Å². The molecular formula is C16H22ClIN2O. The van der Waals surface area contributed by atoms with Gasteiger partial charge in [-0.15, -0.1) is 12.4 Å². The van der Waals surface area contributed by atoms with Gasteiger partial charge in [0.15, 0.2) is 0 Å². The van der Waals surface area contributed by atoms with E-state index < -0.39 is 0 Å². The highest BCUT2D eigenvalue weighted by molar-refractivity contribution is 14.1. The topological polar surface area (TPSA) is 32.3 Å². The van der Waals surface area contributed by atoms with Crippen molar-refractivity contribution < 1.29 is 4.79 Å². The Balaban J connectivity index is 0.00000161. The number of nitrogens with zero attached hydrogens (tertiary/aromatic N) is 1. The maximum atomic E-state index is 12.5. The normalized spacial score (nSPS) is 22.9. The van der Waals surface area contributed by atoms with Gasteiger partial charge < -0.3 is 10.2 Å². The lowest BCUT2D eigenvalue weighted by atomic mass is 9.88. The molecule has 2 fully saturated rings. The van der Waals surface area contributed by atoms with E-state index in [1.54, 1.807) is 0 Å². The van der Waals surface area contributed by atoms with Crippen molar-refractivity contribution >= 4 is 40.9 Å². The molecular weight excluding hydrogens is 399 g/mol. The van der Waals surface area contributed by atoms with Crippen LogP contribution in [0.15, 0.2) is 24.3 Å². The lowest BCUT2D eigenvalue weighted by Gasteiger charge is -2.35. The molecule has 1 aromatic carbocycles. The van der Waals surface area contributed by atoms with Crippen LogP contribution in [0, 0.1) is 9.49 Å². The summed E-state index contributed by atoms with van der Waals surface area (Å²) in [5.41, 5.74) is 0.828. The van der Waals surface area contributed by atoms with Gasteiger partial charge in [-0.05, 0) is 78.9 Å². The summed E-state index contributed by atoms with van der Waals surface area (Å²) in [4.78, 5) is 14.5. The molecule has 2 aliphatic heterocycles. The second kappa shape index (κ2) is 7.79. The summed E-state index contributed by atoms with van der Waals surface area (Å²) in [5, 5.41) is 3.61. The van der Waals surface area contributed by atoms with Crippen molar-refractivity contribution in [1.29, 1.82) is 0 Å². The third-order valence-electron chi connectivity index (χ3n) is 4.57. The number of amides is 1. The Bertz CT molecular complexity index is 483. The molecule has 2 aliphatic rings. The van der Waals surface area contributed by atoms with E-state index in [1.165, 1.54) is 19.4 Å². The van der Waals surface area contributed by atoms with Crippen molar-refractivity contribution in [1.82, 2.24) is 10.2 Å². The number of hydrogen-bond acceptors (Lipinski definition) is 2. The number of rotatable bonds is 2. The van der Waals surface area contributed by atoms with E-state index >= 15 is 0 Å². The number of hydrogen-bond donors (Lipinski definition) is 1. The second-order valence-corrected chi connectivity index (χ2v) is 7.09. The van der Waals surface area contributed by atoms with Crippen molar-refractivity contribution in [2.75, 3.05) is 19.6 Å². The van der Waals surface area contributed by atoms with E-state index in [1.807, 2.05) is 29.2 Å². The fraction of sp³-hybridized carbons (Fsp3) is 0.562. The zero-order chi connectivity index (χ0) is 13.9. The predicted octanol–water partition coefficient (Wildman–Crippen LogP) is 3.32. The first-order chi connectivity index (χ1) is 9.74. The second-order valence-electron chi connectivity index (χ2n) is 5.84. The Morgan fingerprint density at radius 2 is 2.00 bits per heavy atom. The third-order valence-corrected chi connectivity index (χ3v) is 5.24. The van der Waals surface area contributed by atoms with Crippen LogP contribution in [0.3, 0.4) is 0 Å². The van der Waals surface area contributed by atoms with Crippen LogP contribution in [-0.2, 0) is 0 Å². The molecule has 1 atom stereocenters. The molecule has 1 unspecified atom stereocenters. The number of carbonyl (C=O) groups excluding carboxylic acids is 1. The summed E-state index contributed by atoms with van der Waals surface area (Å²) >= 11 is 2.26. The fourth-order valence-electron chi connectivity index (χ4n) is 3.42. The maximum absolute atomic E-state index is 12.5. The lowest BCUT2D eigenvalue weighted by molar-refractivity contribution is 0.0674. The molecule has 0 aliphatic carbocycles. The number of likely N-dealkylation sites (tertiary alicyclic amines) is 1. The molecule has 0 saturated carbocycles. The van der Waals surface area contributed by atoms with Gasteiger partial charge >= 0.3 is 0 Å². The van der Waals surface area contributed by atoms with Crippen LogP contribution in [0.1, 0.15) is 36.0 Å². The van der Waals surface area contributed by atoms with Crippen molar-refractivity contribution in [3.05, 3.63) is 33.4 Å². The number of nitrogens with one attached hydrogen (secondary N) is 1. The Labute approximate surface area is 146 Å².